The summed E-state index contributed by atoms with van der Waals surface area (Å²) < 4.78 is 13.7. The molecule has 3 aromatic rings. The smallest absolute Gasteiger partial charge is 0.328 e. The minimum absolute atomic E-state index is 0.0149. The van der Waals surface area contributed by atoms with Gasteiger partial charge in [-0.05, 0) is 84.8 Å². The summed E-state index contributed by atoms with van der Waals surface area (Å²) in [6.45, 7) is 1.71. The molecule has 2 heterocycles. The van der Waals surface area contributed by atoms with Crippen LogP contribution in [0.3, 0.4) is 0 Å². The van der Waals surface area contributed by atoms with Crippen LogP contribution in [0.15, 0.2) is 78.4 Å². The number of nitrogens with zero attached hydrogens (tertiary/aromatic N) is 2. The molecule has 2 saturated heterocycles. The van der Waals surface area contributed by atoms with E-state index in [1.54, 1.807) is 43.3 Å². The van der Waals surface area contributed by atoms with Gasteiger partial charge >= 0.3 is 6.03 Å². The number of carbonyl (C=O) groups is 5. The van der Waals surface area contributed by atoms with Gasteiger partial charge in [-0.2, -0.15) is 9.91 Å². The number of aromatic hydroxyl groups is 1. The summed E-state index contributed by atoms with van der Waals surface area (Å²) in [5, 5.41) is 11.8. The Kier molecular flexibility index (Phi) is 6.78. The van der Waals surface area contributed by atoms with Crippen molar-refractivity contribution in [1.82, 2.24) is 9.91 Å². The molecule has 46 heavy (non-hydrogen) atoms. The Hall–Kier alpha value is -5.03. The van der Waals surface area contributed by atoms with Crippen LogP contribution >= 0.6 is 11.6 Å². The molecule has 3 fully saturated rings. The van der Waals surface area contributed by atoms with Crippen molar-refractivity contribution in [2.45, 2.75) is 31.1 Å². The van der Waals surface area contributed by atoms with Crippen LogP contribution in [0.2, 0.25) is 5.02 Å². The number of phenols is 1. The molecular formula is C34H28ClFN4O6. The second-order valence-electron chi connectivity index (χ2n) is 12.3. The number of aryl methyl sites for hydroxylation is 1. The van der Waals surface area contributed by atoms with E-state index in [1.165, 1.54) is 30.3 Å². The lowest BCUT2D eigenvalue weighted by Crippen LogP contribution is -2.53. The molecule has 3 aromatic carbocycles. The highest BCUT2D eigenvalue weighted by Crippen LogP contribution is 2.64. The van der Waals surface area contributed by atoms with Crippen molar-refractivity contribution in [3.63, 3.8) is 0 Å². The molecule has 234 valence electrons. The number of fused-ring (bicyclic) bond motifs is 4. The molecule has 0 aromatic heterocycles. The number of phenolic OH excluding ortho intramolecular Hbond substituents is 1. The standard InChI is InChI=1S/C34H28ClFN4O6/c1-16-14-17(2-13-26(16)41)28-22-11-12-23-27(31(44)39(29(23)42)33(37)46)24(22)15-25-30(43)40(38-21-9-7-20(36)8-10-21)32(45)34(25,28)18-3-5-19(35)6-4-18/h2-11,13-14,23-25,27-28,38,41H,12,15H2,1H3,(H2,37,46). The van der Waals surface area contributed by atoms with E-state index in [2.05, 4.69) is 5.43 Å². The van der Waals surface area contributed by atoms with E-state index >= 15 is 0 Å². The van der Waals surface area contributed by atoms with Crippen molar-refractivity contribution < 1.29 is 33.5 Å². The zero-order chi connectivity index (χ0) is 32.7. The van der Waals surface area contributed by atoms with Gasteiger partial charge < -0.3 is 10.8 Å². The maximum absolute atomic E-state index is 15.0. The molecule has 7 rings (SSSR count). The van der Waals surface area contributed by atoms with Crippen LogP contribution in [0.5, 0.6) is 5.75 Å². The number of urea groups is 1. The molecular weight excluding hydrogens is 615 g/mol. The van der Waals surface area contributed by atoms with Crippen LogP contribution in [0.25, 0.3) is 0 Å². The highest BCUT2D eigenvalue weighted by molar-refractivity contribution is 6.30. The van der Waals surface area contributed by atoms with E-state index in [-0.39, 0.29) is 18.6 Å². The summed E-state index contributed by atoms with van der Waals surface area (Å²) in [6.07, 6.45) is 1.98. The van der Waals surface area contributed by atoms with Crippen LogP contribution in [0.1, 0.15) is 35.4 Å². The number of imide groups is 4. The Morgan fingerprint density at radius 1 is 0.978 bits per heavy atom. The van der Waals surface area contributed by atoms with E-state index in [1.807, 2.05) is 6.08 Å². The Morgan fingerprint density at radius 3 is 2.33 bits per heavy atom. The molecule has 4 aliphatic rings. The van der Waals surface area contributed by atoms with Gasteiger partial charge in [0.15, 0.2) is 0 Å². The minimum Gasteiger partial charge on any atom is -0.508 e. The lowest BCUT2D eigenvalue weighted by Gasteiger charge is -2.50. The lowest BCUT2D eigenvalue weighted by atomic mass is 9.49. The van der Waals surface area contributed by atoms with Crippen molar-refractivity contribution in [1.29, 1.82) is 0 Å². The molecule has 1 saturated carbocycles. The molecule has 0 spiro atoms. The lowest BCUT2D eigenvalue weighted by molar-refractivity contribution is -0.139. The number of anilines is 1. The first-order chi connectivity index (χ1) is 21.9. The molecule has 12 heteroatoms. The highest BCUT2D eigenvalue weighted by atomic mass is 35.5. The van der Waals surface area contributed by atoms with Gasteiger partial charge in [0, 0.05) is 10.9 Å². The topological polar surface area (TPSA) is 150 Å². The van der Waals surface area contributed by atoms with Gasteiger partial charge in [-0.25, -0.2) is 9.18 Å². The number of carbonyl (C=O) groups excluding carboxylic acids is 5. The fraction of sp³-hybridized carbons (Fsp3) is 0.265. The molecule has 10 nitrogen and oxygen atoms in total. The predicted molar refractivity (Wildman–Crippen MR) is 163 cm³/mol. The van der Waals surface area contributed by atoms with E-state index in [4.69, 9.17) is 17.3 Å². The summed E-state index contributed by atoms with van der Waals surface area (Å²) in [5.41, 5.74) is 9.39. The van der Waals surface area contributed by atoms with Gasteiger partial charge in [0.25, 0.3) is 11.8 Å². The monoisotopic (exact) mass is 642 g/mol. The maximum Gasteiger partial charge on any atom is 0.328 e. The van der Waals surface area contributed by atoms with Crippen LogP contribution in [0.4, 0.5) is 14.9 Å². The Labute approximate surface area is 267 Å². The summed E-state index contributed by atoms with van der Waals surface area (Å²) >= 11 is 6.28. The predicted octanol–water partition coefficient (Wildman–Crippen LogP) is 4.56. The number of amides is 6. The van der Waals surface area contributed by atoms with Crippen molar-refractivity contribution in [2.24, 2.45) is 29.4 Å². The summed E-state index contributed by atoms with van der Waals surface area (Å²) in [4.78, 5) is 69.0. The largest absolute Gasteiger partial charge is 0.508 e. The SMILES string of the molecule is Cc1cc(C2C3=CCC4C(=O)N(C(N)=O)C(=O)C4C3CC3C(=O)N(Nc4ccc(F)cc4)C(=O)C32c2ccc(Cl)cc2)ccc1O. The van der Waals surface area contributed by atoms with Crippen LogP contribution in [-0.2, 0) is 24.6 Å². The van der Waals surface area contributed by atoms with Gasteiger partial charge in [-0.1, -0.05) is 47.5 Å². The molecule has 4 N–H and O–H groups in total. The number of nitrogens with two attached hydrogens (primary N) is 1. The van der Waals surface area contributed by atoms with Gasteiger partial charge in [-0.3, -0.25) is 24.6 Å². The fourth-order valence-corrected chi connectivity index (χ4v) is 8.23. The molecule has 2 aliphatic heterocycles. The Morgan fingerprint density at radius 2 is 1.67 bits per heavy atom. The fourth-order valence-electron chi connectivity index (χ4n) is 8.11. The first kappa shape index (κ1) is 29.7. The minimum atomic E-state index is -1.55. The maximum atomic E-state index is 15.0. The number of primary amides is 1. The zero-order valence-electron chi connectivity index (χ0n) is 24.4. The first-order valence-electron chi connectivity index (χ1n) is 14.8. The summed E-state index contributed by atoms with van der Waals surface area (Å²) in [6, 6.07) is 15.7. The Balaban J connectivity index is 1.47. The number of nitrogens with one attached hydrogen (secondary N) is 1. The molecule has 0 bridgehead atoms. The highest BCUT2D eigenvalue weighted by Gasteiger charge is 2.70. The van der Waals surface area contributed by atoms with E-state index in [0.29, 0.717) is 37.9 Å². The van der Waals surface area contributed by atoms with Gasteiger partial charge in [-0.15, -0.1) is 0 Å². The number of hydrogen-bond donors (Lipinski definition) is 3. The molecule has 6 unspecified atom stereocenters. The third kappa shape index (κ3) is 4.11. The summed E-state index contributed by atoms with van der Waals surface area (Å²) in [7, 11) is 0. The number of likely N-dealkylation sites (tertiary alicyclic amines) is 1. The number of halogens is 2. The number of allylic oxidation sites excluding steroid dienone is 2. The quantitative estimate of drug-likeness (QED) is 0.279. The van der Waals surface area contributed by atoms with Gasteiger partial charge in [0.05, 0.1) is 28.9 Å². The molecule has 0 radical (unpaired) electrons. The van der Waals surface area contributed by atoms with E-state index in [0.717, 1.165) is 5.01 Å². The van der Waals surface area contributed by atoms with E-state index in [9.17, 15) is 33.5 Å². The van der Waals surface area contributed by atoms with Crippen LogP contribution in [-0.4, -0.2) is 44.7 Å². The first-order valence-corrected chi connectivity index (χ1v) is 15.2. The third-order valence-electron chi connectivity index (χ3n) is 10.0. The normalized spacial score (nSPS) is 28.5. The zero-order valence-corrected chi connectivity index (χ0v) is 25.2. The van der Waals surface area contributed by atoms with Crippen molar-refractivity contribution >= 4 is 46.9 Å². The number of hydrazine groups is 1. The third-order valence-corrected chi connectivity index (χ3v) is 10.3. The second kappa shape index (κ2) is 10.5. The van der Waals surface area contributed by atoms with Crippen LogP contribution < -0.4 is 11.2 Å². The van der Waals surface area contributed by atoms with Gasteiger partial charge in [0.1, 0.15) is 11.6 Å². The van der Waals surface area contributed by atoms with Gasteiger partial charge in [0.2, 0.25) is 11.8 Å². The number of rotatable bonds is 4. The van der Waals surface area contributed by atoms with Crippen molar-refractivity contribution in [2.75, 3.05) is 5.43 Å². The molecule has 6 amide bonds. The molecule has 6 atom stereocenters. The average molecular weight is 643 g/mol. The second-order valence-corrected chi connectivity index (χ2v) is 12.7. The van der Waals surface area contributed by atoms with Crippen LogP contribution in [0, 0.1) is 36.4 Å². The Bertz CT molecular complexity index is 1880. The number of hydrogen-bond acceptors (Lipinski definition) is 7. The number of benzene rings is 3. The van der Waals surface area contributed by atoms with Crippen molar-refractivity contribution in [3.8, 4) is 5.75 Å². The average Bonchev–Trinajstić information content (AvgIpc) is 3.41. The van der Waals surface area contributed by atoms with Crippen molar-refractivity contribution in [3.05, 3.63) is 106 Å². The van der Waals surface area contributed by atoms with E-state index < -0.39 is 70.5 Å². The summed E-state index contributed by atoms with van der Waals surface area (Å²) in [5.74, 6) is -7.39. The molecule has 2 aliphatic carbocycles.